The number of hydrogen-bond donors (Lipinski definition) is 2. The molecule has 4 rings (SSSR count). The maximum absolute atomic E-state index is 16.4. The molecule has 0 aromatic heterocycles. The molecule has 0 heterocycles. The highest BCUT2D eigenvalue weighted by Gasteiger charge is 2.51. The summed E-state index contributed by atoms with van der Waals surface area (Å²) in [7, 11) is -4.59. The summed E-state index contributed by atoms with van der Waals surface area (Å²) in [5, 5.41) is 3.19. The molecule has 3 unspecified atom stereocenters. The van der Waals surface area contributed by atoms with Crippen LogP contribution >= 0.6 is 11.6 Å². The molecule has 0 saturated heterocycles. The van der Waals surface area contributed by atoms with Crippen LogP contribution in [0.3, 0.4) is 0 Å². The van der Waals surface area contributed by atoms with E-state index >= 15 is 4.39 Å². The Bertz CT molecular complexity index is 1590. The molecule has 44 heavy (non-hydrogen) atoms. The van der Waals surface area contributed by atoms with Crippen LogP contribution in [0.2, 0.25) is 5.02 Å². The Hall–Kier alpha value is -3.53. The fraction of sp³-hybridized carbons (Fsp3) is 0.324. The first-order valence-corrected chi connectivity index (χ1v) is 16.5. The molecular formula is C34H37ClF2N2O4S. The first-order chi connectivity index (χ1) is 21.0. The standard InChI is InChI=1S/C34H37ClF2N2O4S/c1-3-4-8-25-11-13-26(14-12-25)33(40)38-21-7-22-43-31-10-6-5-9-30(31)24(2)39-32-23-28(36)19-20-34(32,37)44(41,42)29-17-15-27(35)16-18-29/h5-6,9-20,23-24,32,39H,3-4,7-8,21-22H2,1-2H3,(H,38,40). The SMILES string of the molecule is CCCCc1ccc(C(=O)NCCCOc2ccccc2C(C)NC2C=C(F)C=CC2(F)S(=O)(=O)c2ccc(Cl)cc2)cc1. The Labute approximate surface area is 263 Å². The van der Waals surface area contributed by atoms with Crippen molar-refractivity contribution in [3.05, 3.63) is 119 Å². The molecule has 3 aromatic carbocycles. The largest absolute Gasteiger partial charge is 0.493 e. The van der Waals surface area contributed by atoms with Crippen molar-refractivity contribution in [3.8, 4) is 5.75 Å². The van der Waals surface area contributed by atoms with Crippen molar-refractivity contribution in [2.75, 3.05) is 13.2 Å². The van der Waals surface area contributed by atoms with E-state index in [-0.39, 0.29) is 10.8 Å². The van der Waals surface area contributed by atoms with Gasteiger partial charge in [0.15, 0.2) is 0 Å². The molecule has 0 saturated carbocycles. The van der Waals surface area contributed by atoms with Crippen molar-refractivity contribution in [1.82, 2.24) is 10.6 Å². The number of sulfone groups is 1. The number of unbranched alkanes of at least 4 members (excludes halogenated alkanes) is 1. The second-order valence-corrected chi connectivity index (χ2v) is 13.2. The van der Waals surface area contributed by atoms with E-state index in [9.17, 15) is 17.6 Å². The number of para-hydroxylation sites is 1. The maximum atomic E-state index is 16.4. The Morgan fingerprint density at radius 3 is 2.45 bits per heavy atom. The quantitative estimate of drug-likeness (QED) is 0.178. The highest BCUT2D eigenvalue weighted by atomic mass is 35.5. The Morgan fingerprint density at radius 1 is 1.05 bits per heavy atom. The van der Waals surface area contributed by atoms with Gasteiger partial charge in [-0.1, -0.05) is 55.3 Å². The van der Waals surface area contributed by atoms with Gasteiger partial charge in [-0.3, -0.25) is 10.1 Å². The summed E-state index contributed by atoms with van der Waals surface area (Å²) in [4.78, 5) is 12.2. The zero-order chi connectivity index (χ0) is 31.7. The van der Waals surface area contributed by atoms with Crippen LogP contribution in [0.4, 0.5) is 8.78 Å². The van der Waals surface area contributed by atoms with Crippen LogP contribution in [0.5, 0.6) is 5.75 Å². The number of allylic oxidation sites excluding steroid dienone is 2. The molecule has 3 atom stereocenters. The van der Waals surface area contributed by atoms with Gasteiger partial charge in [0.1, 0.15) is 11.6 Å². The number of alkyl halides is 1. The lowest BCUT2D eigenvalue weighted by Gasteiger charge is -2.34. The Morgan fingerprint density at radius 2 is 1.75 bits per heavy atom. The summed E-state index contributed by atoms with van der Waals surface area (Å²) in [6.45, 7) is 4.55. The Balaban J connectivity index is 1.37. The zero-order valence-corrected chi connectivity index (χ0v) is 26.3. The number of aryl methyl sites for hydroxylation is 1. The van der Waals surface area contributed by atoms with Crippen molar-refractivity contribution in [2.24, 2.45) is 0 Å². The first kappa shape index (κ1) is 33.4. The van der Waals surface area contributed by atoms with E-state index < -0.39 is 32.7 Å². The predicted molar refractivity (Wildman–Crippen MR) is 170 cm³/mol. The van der Waals surface area contributed by atoms with Gasteiger partial charge in [0.2, 0.25) is 9.84 Å². The van der Waals surface area contributed by atoms with Crippen molar-refractivity contribution < 1.29 is 26.7 Å². The van der Waals surface area contributed by atoms with Gasteiger partial charge >= 0.3 is 0 Å². The number of carbonyl (C=O) groups is 1. The van der Waals surface area contributed by atoms with E-state index in [0.717, 1.165) is 37.5 Å². The third-order valence-electron chi connectivity index (χ3n) is 7.47. The lowest BCUT2D eigenvalue weighted by atomic mass is 10.0. The van der Waals surface area contributed by atoms with E-state index in [2.05, 4.69) is 17.6 Å². The predicted octanol–water partition coefficient (Wildman–Crippen LogP) is 7.46. The summed E-state index contributed by atoms with van der Waals surface area (Å²) in [5.74, 6) is -0.411. The second-order valence-electron chi connectivity index (χ2n) is 10.7. The third-order valence-corrected chi connectivity index (χ3v) is 9.83. The average molecular weight is 643 g/mol. The van der Waals surface area contributed by atoms with Crippen LogP contribution < -0.4 is 15.4 Å². The van der Waals surface area contributed by atoms with Gasteiger partial charge in [-0.15, -0.1) is 0 Å². The van der Waals surface area contributed by atoms with E-state index in [0.29, 0.717) is 41.5 Å². The molecule has 3 aromatic rings. The molecule has 2 N–H and O–H groups in total. The van der Waals surface area contributed by atoms with Crippen LogP contribution in [-0.4, -0.2) is 38.5 Å². The molecular weight excluding hydrogens is 606 g/mol. The molecule has 1 amide bonds. The van der Waals surface area contributed by atoms with Crippen molar-refractivity contribution in [2.45, 2.75) is 61.5 Å². The number of amides is 1. The molecule has 0 spiro atoms. The normalized spacial score (nSPS) is 18.8. The molecule has 0 radical (unpaired) electrons. The number of ether oxygens (including phenoxy) is 1. The molecule has 0 aliphatic heterocycles. The average Bonchev–Trinajstić information content (AvgIpc) is 3.02. The summed E-state index contributed by atoms with van der Waals surface area (Å²) in [6.07, 6.45) is 6.23. The minimum atomic E-state index is -4.59. The number of benzene rings is 3. The van der Waals surface area contributed by atoms with E-state index in [1.54, 1.807) is 31.2 Å². The maximum Gasteiger partial charge on any atom is 0.252 e. The van der Waals surface area contributed by atoms with Gasteiger partial charge in [-0.25, -0.2) is 17.2 Å². The molecule has 10 heteroatoms. The highest BCUT2D eigenvalue weighted by Crippen LogP contribution is 2.38. The van der Waals surface area contributed by atoms with E-state index in [4.69, 9.17) is 16.3 Å². The highest BCUT2D eigenvalue weighted by molar-refractivity contribution is 7.93. The van der Waals surface area contributed by atoms with Crippen molar-refractivity contribution in [1.29, 1.82) is 0 Å². The number of nitrogens with one attached hydrogen (secondary N) is 2. The fourth-order valence-corrected chi connectivity index (χ4v) is 6.63. The van der Waals surface area contributed by atoms with Crippen LogP contribution in [0, 0.1) is 0 Å². The second kappa shape index (κ2) is 15.0. The van der Waals surface area contributed by atoms with Gasteiger partial charge in [0.25, 0.3) is 10.9 Å². The monoisotopic (exact) mass is 642 g/mol. The molecule has 234 valence electrons. The summed E-state index contributed by atoms with van der Waals surface area (Å²) >= 11 is 5.89. The lowest BCUT2D eigenvalue weighted by molar-refractivity contribution is 0.0951. The molecule has 0 fully saturated rings. The molecule has 6 nitrogen and oxygen atoms in total. The Kier molecular flexibility index (Phi) is 11.4. The van der Waals surface area contributed by atoms with Crippen molar-refractivity contribution >= 4 is 27.3 Å². The van der Waals surface area contributed by atoms with Crippen LogP contribution in [0.15, 0.2) is 102 Å². The van der Waals surface area contributed by atoms with Gasteiger partial charge in [-0.2, -0.15) is 0 Å². The minimum Gasteiger partial charge on any atom is -0.493 e. The van der Waals surface area contributed by atoms with Crippen LogP contribution in [-0.2, 0) is 16.3 Å². The first-order valence-electron chi connectivity index (χ1n) is 14.7. The van der Waals surface area contributed by atoms with Crippen LogP contribution in [0.1, 0.15) is 60.6 Å². The number of carbonyl (C=O) groups excluding carboxylic acids is 1. The topological polar surface area (TPSA) is 84.5 Å². The van der Waals surface area contributed by atoms with Crippen molar-refractivity contribution in [3.63, 3.8) is 0 Å². The van der Waals surface area contributed by atoms with Gasteiger partial charge in [-0.05, 0) is 92.4 Å². The minimum absolute atomic E-state index is 0.157. The fourth-order valence-electron chi connectivity index (χ4n) is 4.93. The zero-order valence-electron chi connectivity index (χ0n) is 24.7. The van der Waals surface area contributed by atoms with E-state index in [1.165, 1.54) is 29.8 Å². The lowest BCUT2D eigenvalue weighted by Crippen LogP contribution is -2.52. The van der Waals surface area contributed by atoms with Gasteiger partial charge in [0.05, 0.1) is 17.5 Å². The summed E-state index contributed by atoms with van der Waals surface area (Å²) in [6, 6.07) is 17.7. The van der Waals surface area contributed by atoms with E-state index in [1.807, 2.05) is 24.3 Å². The smallest absolute Gasteiger partial charge is 0.252 e. The van der Waals surface area contributed by atoms with Crippen LogP contribution in [0.25, 0.3) is 0 Å². The van der Waals surface area contributed by atoms with Gasteiger partial charge < -0.3 is 10.1 Å². The number of halogens is 3. The summed E-state index contributed by atoms with van der Waals surface area (Å²) < 4.78 is 63.6. The van der Waals surface area contributed by atoms with Gasteiger partial charge in [0, 0.05) is 28.7 Å². The third kappa shape index (κ3) is 7.94. The molecule has 0 bridgehead atoms. The summed E-state index contributed by atoms with van der Waals surface area (Å²) in [5.41, 5.74) is 2.44. The number of hydrogen-bond acceptors (Lipinski definition) is 5. The number of rotatable bonds is 14. The molecule has 1 aliphatic rings. The molecule has 1 aliphatic carbocycles.